The molecule has 0 bridgehead atoms. The highest BCUT2D eigenvalue weighted by Crippen LogP contribution is 2.23. The van der Waals surface area contributed by atoms with E-state index in [0.717, 1.165) is 57.8 Å². The van der Waals surface area contributed by atoms with Crippen LogP contribution in [0.1, 0.15) is 316 Å². The van der Waals surface area contributed by atoms with Gasteiger partial charge in [-0.05, 0) is 57.8 Å². The van der Waals surface area contributed by atoms with Gasteiger partial charge in [-0.1, -0.05) is 269 Å². The SMILES string of the molecule is CCCCCCCCCCCC/C=C/C(O)C(COC1OC(CO)C(O)C(O)C1O)NC(=O)CCCCCCCCCCC/C=C\CCCCCCCCCCCCCCOC(=O)CCCCCCCCCCCCC. The summed E-state index contributed by atoms with van der Waals surface area (Å²) in [6.07, 6.45) is 57.1. The Kier molecular flexibility index (Phi) is 52.3. The molecule has 0 aromatic carbocycles. The summed E-state index contributed by atoms with van der Waals surface area (Å²) in [6.45, 7) is 4.35. The number of rotatable bonds is 57. The lowest BCUT2D eigenvalue weighted by Crippen LogP contribution is -2.60. The summed E-state index contributed by atoms with van der Waals surface area (Å²) in [4.78, 5) is 25.1. The fourth-order valence-electron chi connectivity index (χ4n) is 10.4. The number of aliphatic hydroxyl groups is 5. The quantitative estimate of drug-likeness (QED) is 0.0195. The molecule has 1 aliphatic rings. The van der Waals surface area contributed by atoms with Crippen molar-refractivity contribution in [3.63, 3.8) is 0 Å². The number of nitrogens with one attached hydrogen (secondary N) is 1. The first-order valence-electron chi connectivity index (χ1n) is 32.6. The maximum Gasteiger partial charge on any atom is 0.305 e. The van der Waals surface area contributed by atoms with Crippen LogP contribution in [0.15, 0.2) is 24.3 Å². The van der Waals surface area contributed by atoms with Gasteiger partial charge in [0.25, 0.3) is 0 Å². The third-order valence-electron chi connectivity index (χ3n) is 15.6. The van der Waals surface area contributed by atoms with E-state index in [1.54, 1.807) is 6.08 Å². The van der Waals surface area contributed by atoms with E-state index in [2.05, 4.69) is 31.3 Å². The van der Waals surface area contributed by atoms with E-state index in [1.165, 1.54) is 231 Å². The van der Waals surface area contributed by atoms with Gasteiger partial charge in [0.1, 0.15) is 24.4 Å². The van der Waals surface area contributed by atoms with Gasteiger partial charge in [-0.25, -0.2) is 0 Å². The van der Waals surface area contributed by atoms with Crippen LogP contribution in [0.2, 0.25) is 0 Å². The number of amides is 1. The molecule has 1 saturated heterocycles. The number of carbonyl (C=O) groups is 2. The Hall–Kier alpha value is -1.86. The Bertz CT molecular complexity index is 1310. The molecule has 0 spiro atoms. The summed E-state index contributed by atoms with van der Waals surface area (Å²) in [6, 6.07) is -0.811. The van der Waals surface area contributed by atoms with Crippen molar-refractivity contribution in [2.75, 3.05) is 19.8 Å². The second-order valence-electron chi connectivity index (χ2n) is 22.8. The Balaban J connectivity index is 2.02. The number of ether oxygens (including phenoxy) is 3. The summed E-state index contributed by atoms with van der Waals surface area (Å²) >= 11 is 0. The van der Waals surface area contributed by atoms with Crippen LogP contribution in [-0.4, -0.2) is 100 Å². The molecule has 1 fully saturated rings. The standard InChI is InChI=1S/C65H123NO10/c1-3-5-7-9-11-13-15-32-35-39-43-47-51-58(68)57(56-75-65-64(73)63(72)62(71)59(55-67)76-65)66-60(69)52-48-44-40-36-33-29-27-25-23-21-19-17-16-18-20-22-24-26-28-30-34-38-42-46-50-54-74-61(70)53-49-45-41-37-31-14-12-10-8-6-4-2/h17,19,47,51,57-59,62-65,67-68,71-73H,3-16,18,20-46,48-50,52-56H2,1-2H3,(H,66,69)/b19-17-,51-47+. The van der Waals surface area contributed by atoms with E-state index >= 15 is 0 Å². The molecule has 1 rings (SSSR count). The topological polar surface area (TPSA) is 175 Å². The summed E-state index contributed by atoms with van der Waals surface area (Å²) in [5.41, 5.74) is 0. The second-order valence-corrected chi connectivity index (χ2v) is 22.8. The predicted octanol–water partition coefficient (Wildman–Crippen LogP) is 15.7. The van der Waals surface area contributed by atoms with Crippen LogP contribution in [0.3, 0.4) is 0 Å². The molecular weight excluding hydrogens is 955 g/mol. The van der Waals surface area contributed by atoms with Crippen LogP contribution in [0.5, 0.6) is 0 Å². The highest BCUT2D eigenvalue weighted by molar-refractivity contribution is 5.76. The van der Waals surface area contributed by atoms with Gasteiger partial charge in [0, 0.05) is 12.8 Å². The molecule has 7 unspecified atom stereocenters. The van der Waals surface area contributed by atoms with Crippen LogP contribution >= 0.6 is 0 Å². The van der Waals surface area contributed by atoms with Gasteiger partial charge in [-0.3, -0.25) is 9.59 Å². The van der Waals surface area contributed by atoms with Crippen molar-refractivity contribution >= 4 is 11.9 Å². The molecule has 1 aliphatic heterocycles. The molecule has 0 aliphatic carbocycles. The van der Waals surface area contributed by atoms with E-state index in [4.69, 9.17) is 14.2 Å². The molecule has 6 N–H and O–H groups in total. The minimum atomic E-state index is -1.57. The first-order valence-corrected chi connectivity index (χ1v) is 32.6. The Morgan fingerprint density at radius 3 is 1.26 bits per heavy atom. The summed E-state index contributed by atoms with van der Waals surface area (Å²) in [5, 5.41) is 54.4. The number of hydrogen-bond donors (Lipinski definition) is 6. The van der Waals surface area contributed by atoms with Crippen molar-refractivity contribution in [3.8, 4) is 0 Å². The average Bonchev–Trinajstić information content (AvgIpc) is 3.42. The van der Waals surface area contributed by atoms with Crippen LogP contribution in [0, 0.1) is 0 Å². The number of unbranched alkanes of at least 4 members (excludes halogenated alkanes) is 41. The summed E-state index contributed by atoms with van der Waals surface area (Å²) < 4.78 is 16.7. The molecule has 0 aromatic heterocycles. The van der Waals surface area contributed by atoms with Gasteiger partial charge >= 0.3 is 5.97 Å². The van der Waals surface area contributed by atoms with Crippen molar-refractivity contribution in [1.82, 2.24) is 5.32 Å². The van der Waals surface area contributed by atoms with E-state index in [0.29, 0.717) is 19.4 Å². The first-order chi connectivity index (χ1) is 37.2. The van der Waals surface area contributed by atoms with E-state index < -0.39 is 49.5 Å². The first kappa shape index (κ1) is 72.2. The molecule has 11 nitrogen and oxygen atoms in total. The van der Waals surface area contributed by atoms with Crippen molar-refractivity contribution in [3.05, 3.63) is 24.3 Å². The molecule has 7 atom stereocenters. The van der Waals surface area contributed by atoms with Gasteiger partial charge in [-0.15, -0.1) is 0 Å². The van der Waals surface area contributed by atoms with Gasteiger partial charge in [0.2, 0.25) is 5.91 Å². The molecule has 0 aromatic rings. The van der Waals surface area contributed by atoms with Crippen molar-refractivity contribution in [2.45, 2.75) is 358 Å². The maximum absolute atomic E-state index is 13.0. The number of hydrogen-bond acceptors (Lipinski definition) is 10. The largest absolute Gasteiger partial charge is 0.466 e. The van der Waals surface area contributed by atoms with Crippen molar-refractivity contribution in [1.29, 1.82) is 0 Å². The molecule has 1 amide bonds. The highest BCUT2D eigenvalue weighted by atomic mass is 16.7. The lowest BCUT2D eigenvalue weighted by Gasteiger charge is -2.40. The molecular formula is C65H123NO10. The molecule has 448 valence electrons. The second kappa shape index (κ2) is 55.1. The van der Waals surface area contributed by atoms with Gasteiger partial charge in [0.05, 0.1) is 32.0 Å². The fourth-order valence-corrected chi connectivity index (χ4v) is 10.4. The third-order valence-corrected chi connectivity index (χ3v) is 15.6. The van der Waals surface area contributed by atoms with E-state index in [-0.39, 0.29) is 18.5 Å². The molecule has 0 saturated carbocycles. The summed E-state index contributed by atoms with van der Waals surface area (Å²) in [7, 11) is 0. The normalized spacial score (nSPS) is 18.8. The van der Waals surface area contributed by atoms with Crippen molar-refractivity contribution < 1.29 is 49.3 Å². The van der Waals surface area contributed by atoms with Gasteiger partial charge < -0.3 is 45.1 Å². The smallest absolute Gasteiger partial charge is 0.305 e. The van der Waals surface area contributed by atoms with Crippen LogP contribution in [0.4, 0.5) is 0 Å². The van der Waals surface area contributed by atoms with E-state index in [1.807, 2.05) is 6.08 Å². The zero-order valence-corrected chi connectivity index (χ0v) is 49.5. The summed E-state index contributed by atoms with van der Waals surface area (Å²) in [5.74, 6) is -0.181. The number of carbonyl (C=O) groups excluding carboxylic acids is 2. The molecule has 0 radical (unpaired) electrons. The molecule has 11 heteroatoms. The third kappa shape index (κ3) is 44.0. The monoisotopic (exact) mass is 1080 g/mol. The minimum absolute atomic E-state index is 0.00286. The number of aliphatic hydroxyl groups excluding tert-OH is 5. The van der Waals surface area contributed by atoms with E-state index in [9.17, 15) is 35.1 Å². The zero-order valence-electron chi connectivity index (χ0n) is 49.5. The minimum Gasteiger partial charge on any atom is -0.466 e. The average molecular weight is 1080 g/mol. The maximum atomic E-state index is 13.0. The number of esters is 1. The fraction of sp³-hybridized carbons (Fsp3) is 0.908. The lowest BCUT2D eigenvalue weighted by atomic mass is 9.99. The Labute approximate surface area is 467 Å². The highest BCUT2D eigenvalue weighted by Gasteiger charge is 2.44. The zero-order chi connectivity index (χ0) is 55.2. The molecule has 76 heavy (non-hydrogen) atoms. The lowest BCUT2D eigenvalue weighted by molar-refractivity contribution is -0.302. The van der Waals surface area contributed by atoms with Gasteiger partial charge in [0.15, 0.2) is 6.29 Å². The molecule has 1 heterocycles. The van der Waals surface area contributed by atoms with Crippen LogP contribution in [-0.2, 0) is 23.8 Å². The van der Waals surface area contributed by atoms with Crippen LogP contribution in [0.25, 0.3) is 0 Å². The van der Waals surface area contributed by atoms with Crippen LogP contribution < -0.4 is 5.32 Å². The number of allylic oxidation sites excluding steroid dienone is 3. The Morgan fingerprint density at radius 2 is 0.842 bits per heavy atom. The van der Waals surface area contributed by atoms with Crippen molar-refractivity contribution in [2.24, 2.45) is 0 Å². The predicted molar refractivity (Wildman–Crippen MR) is 315 cm³/mol. The van der Waals surface area contributed by atoms with Gasteiger partial charge in [-0.2, -0.15) is 0 Å². The Morgan fingerprint density at radius 1 is 0.474 bits per heavy atom.